The summed E-state index contributed by atoms with van der Waals surface area (Å²) in [7, 11) is 0. The lowest BCUT2D eigenvalue weighted by Gasteiger charge is -2.29. The monoisotopic (exact) mass is 596 g/mol. The fourth-order valence-corrected chi connectivity index (χ4v) is 5.26. The zero-order valence-electron chi connectivity index (χ0n) is 18.8. The number of hydrogen-bond acceptors (Lipinski definition) is 3. The van der Waals surface area contributed by atoms with Gasteiger partial charge < -0.3 is 4.74 Å². The van der Waals surface area contributed by atoms with Gasteiger partial charge in [0.05, 0.1) is 11.8 Å². The van der Waals surface area contributed by atoms with Crippen LogP contribution >= 0.6 is 31.9 Å². The number of halogens is 3. The van der Waals surface area contributed by atoms with Crippen LogP contribution in [0, 0.1) is 11.7 Å². The van der Waals surface area contributed by atoms with Gasteiger partial charge in [0.25, 0.3) is 5.91 Å². The molecule has 1 aliphatic heterocycles. The second-order valence-electron chi connectivity index (χ2n) is 8.66. The van der Waals surface area contributed by atoms with Gasteiger partial charge in [0, 0.05) is 14.9 Å². The standard InChI is InChI=1S/C28H23Br2FN2O2/c29-21-12-8-18(9-13-21)16-20-4-3-5-23-27(20)32-33(28(23)19-10-14-22(30)15-11-19)26(34)17-35-25-7-2-1-6-24(25)31/h1-2,6-16,23,28H,3-5,17H2. The molecule has 0 aromatic heterocycles. The minimum Gasteiger partial charge on any atom is -0.481 e. The molecule has 3 aromatic carbocycles. The summed E-state index contributed by atoms with van der Waals surface area (Å²) < 4.78 is 21.6. The number of hydrogen-bond donors (Lipinski definition) is 0. The highest BCUT2D eigenvalue weighted by atomic mass is 79.9. The van der Waals surface area contributed by atoms with Crippen molar-refractivity contribution in [2.24, 2.45) is 11.0 Å². The van der Waals surface area contributed by atoms with Crippen molar-refractivity contribution < 1.29 is 13.9 Å². The predicted molar refractivity (Wildman–Crippen MR) is 143 cm³/mol. The van der Waals surface area contributed by atoms with E-state index in [0.29, 0.717) is 0 Å². The normalized spacial score (nSPS) is 20.5. The summed E-state index contributed by atoms with van der Waals surface area (Å²) in [5.41, 5.74) is 4.21. The van der Waals surface area contributed by atoms with Crippen molar-refractivity contribution in [2.75, 3.05) is 6.61 Å². The van der Waals surface area contributed by atoms with Crippen molar-refractivity contribution in [1.29, 1.82) is 0 Å². The summed E-state index contributed by atoms with van der Waals surface area (Å²) in [5, 5.41) is 6.40. The summed E-state index contributed by atoms with van der Waals surface area (Å²) in [5.74, 6) is -0.651. The molecule has 1 amide bonds. The Hall–Kier alpha value is -2.77. The van der Waals surface area contributed by atoms with Gasteiger partial charge in [-0.1, -0.05) is 68.3 Å². The molecule has 0 N–H and O–H groups in total. The number of carbonyl (C=O) groups is 1. The van der Waals surface area contributed by atoms with Gasteiger partial charge >= 0.3 is 0 Å². The Morgan fingerprint density at radius 3 is 2.43 bits per heavy atom. The van der Waals surface area contributed by atoms with E-state index in [1.54, 1.807) is 17.1 Å². The Morgan fingerprint density at radius 1 is 1.03 bits per heavy atom. The number of hydrazone groups is 1. The summed E-state index contributed by atoms with van der Waals surface area (Å²) in [6, 6.07) is 22.0. The van der Waals surface area contributed by atoms with E-state index in [9.17, 15) is 9.18 Å². The number of ether oxygens (including phenoxy) is 1. The summed E-state index contributed by atoms with van der Waals surface area (Å²) in [6.07, 6.45) is 5.04. The fraction of sp³-hybridized carbons (Fsp3) is 0.214. The van der Waals surface area contributed by atoms with Crippen LogP contribution in [0.5, 0.6) is 5.75 Å². The largest absolute Gasteiger partial charge is 0.481 e. The zero-order valence-corrected chi connectivity index (χ0v) is 22.0. The number of allylic oxidation sites excluding steroid dienone is 1. The van der Waals surface area contributed by atoms with Gasteiger partial charge in [-0.15, -0.1) is 0 Å². The van der Waals surface area contributed by atoms with E-state index in [1.807, 2.05) is 36.4 Å². The lowest BCUT2D eigenvalue weighted by Crippen LogP contribution is -2.34. The first-order chi connectivity index (χ1) is 17.0. The topological polar surface area (TPSA) is 41.9 Å². The van der Waals surface area contributed by atoms with Crippen molar-refractivity contribution >= 4 is 49.6 Å². The molecule has 1 fully saturated rings. The number of rotatable bonds is 5. The Kier molecular flexibility index (Phi) is 7.16. The molecule has 0 radical (unpaired) electrons. The maximum absolute atomic E-state index is 14.0. The zero-order chi connectivity index (χ0) is 24.4. The average molecular weight is 598 g/mol. The van der Waals surface area contributed by atoms with E-state index < -0.39 is 5.82 Å². The van der Waals surface area contributed by atoms with Crippen LogP contribution in [0.4, 0.5) is 4.39 Å². The third-order valence-electron chi connectivity index (χ3n) is 6.37. The maximum atomic E-state index is 14.0. The van der Waals surface area contributed by atoms with Crippen molar-refractivity contribution in [3.8, 4) is 5.75 Å². The van der Waals surface area contributed by atoms with Crippen molar-refractivity contribution in [3.63, 3.8) is 0 Å². The average Bonchev–Trinajstić information content (AvgIpc) is 3.26. The molecule has 2 atom stereocenters. The quantitative estimate of drug-likeness (QED) is 0.305. The lowest BCUT2D eigenvalue weighted by atomic mass is 9.77. The lowest BCUT2D eigenvalue weighted by molar-refractivity contribution is -0.135. The molecule has 2 aliphatic rings. The first-order valence-electron chi connectivity index (χ1n) is 11.5. The second-order valence-corrected chi connectivity index (χ2v) is 10.5. The van der Waals surface area contributed by atoms with Crippen LogP contribution in [-0.4, -0.2) is 23.2 Å². The molecule has 0 bridgehead atoms. The smallest absolute Gasteiger partial charge is 0.281 e. The van der Waals surface area contributed by atoms with Crippen LogP contribution in [0.3, 0.4) is 0 Å². The van der Waals surface area contributed by atoms with Gasteiger partial charge in [-0.3, -0.25) is 4.79 Å². The van der Waals surface area contributed by atoms with Gasteiger partial charge in [-0.05, 0) is 78.4 Å². The van der Waals surface area contributed by atoms with E-state index in [-0.39, 0.29) is 30.2 Å². The van der Waals surface area contributed by atoms with Gasteiger partial charge in [-0.25, -0.2) is 9.40 Å². The molecule has 1 heterocycles. The number of fused-ring (bicyclic) bond motifs is 1. The van der Waals surface area contributed by atoms with Crippen LogP contribution in [0.25, 0.3) is 6.08 Å². The van der Waals surface area contributed by atoms with Crippen LogP contribution in [0.1, 0.15) is 36.4 Å². The van der Waals surface area contributed by atoms with Gasteiger partial charge in [0.2, 0.25) is 0 Å². The molecule has 35 heavy (non-hydrogen) atoms. The second kappa shape index (κ2) is 10.5. The first kappa shape index (κ1) is 23.9. The summed E-state index contributed by atoms with van der Waals surface area (Å²) in [6.45, 7) is -0.288. The van der Waals surface area contributed by atoms with Gasteiger partial charge in [0.1, 0.15) is 0 Å². The molecule has 3 aromatic rings. The number of amides is 1. The minimum absolute atomic E-state index is 0.0566. The highest BCUT2D eigenvalue weighted by Gasteiger charge is 2.43. The number of para-hydroxylation sites is 1. The SMILES string of the molecule is O=C(COc1ccccc1F)N1N=C2C(=Cc3ccc(Br)cc3)CCCC2C1c1ccc(Br)cc1. The van der Waals surface area contributed by atoms with E-state index in [1.165, 1.54) is 12.1 Å². The first-order valence-corrected chi connectivity index (χ1v) is 13.1. The molecular formula is C28H23Br2FN2O2. The van der Waals surface area contributed by atoms with Crippen molar-refractivity contribution in [1.82, 2.24) is 5.01 Å². The van der Waals surface area contributed by atoms with Gasteiger partial charge in [0.15, 0.2) is 18.2 Å². The molecule has 1 saturated carbocycles. The fourth-order valence-electron chi connectivity index (χ4n) is 4.73. The summed E-state index contributed by atoms with van der Waals surface area (Å²) in [4.78, 5) is 13.4. The van der Waals surface area contributed by atoms with Crippen LogP contribution in [0.2, 0.25) is 0 Å². The minimum atomic E-state index is -0.495. The molecule has 7 heteroatoms. The number of benzene rings is 3. The van der Waals surface area contributed by atoms with Crippen LogP contribution < -0.4 is 4.74 Å². The molecule has 0 spiro atoms. The van der Waals surface area contributed by atoms with E-state index in [4.69, 9.17) is 9.84 Å². The van der Waals surface area contributed by atoms with Crippen molar-refractivity contribution in [2.45, 2.75) is 25.3 Å². The van der Waals surface area contributed by atoms with E-state index >= 15 is 0 Å². The number of carbonyl (C=O) groups excluding carboxylic acids is 1. The van der Waals surface area contributed by atoms with Gasteiger partial charge in [-0.2, -0.15) is 5.10 Å². The number of nitrogens with zero attached hydrogens (tertiary/aromatic N) is 2. The Labute approximate surface area is 220 Å². The molecular weight excluding hydrogens is 575 g/mol. The molecule has 4 nitrogen and oxygen atoms in total. The Morgan fingerprint density at radius 2 is 1.71 bits per heavy atom. The predicted octanol–water partition coefficient (Wildman–Crippen LogP) is 7.55. The third-order valence-corrected chi connectivity index (χ3v) is 7.42. The molecule has 5 rings (SSSR count). The summed E-state index contributed by atoms with van der Waals surface area (Å²) >= 11 is 6.99. The maximum Gasteiger partial charge on any atom is 0.281 e. The molecule has 1 aliphatic carbocycles. The molecule has 2 unspecified atom stereocenters. The Balaban J connectivity index is 1.47. The third kappa shape index (κ3) is 5.26. The highest BCUT2D eigenvalue weighted by molar-refractivity contribution is 9.10. The molecule has 0 saturated heterocycles. The van der Waals surface area contributed by atoms with Crippen molar-refractivity contribution in [3.05, 3.63) is 104 Å². The van der Waals surface area contributed by atoms with Crippen LogP contribution in [-0.2, 0) is 4.79 Å². The van der Waals surface area contributed by atoms with Crippen LogP contribution in [0.15, 0.2) is 92.4 Å². The molecule has 178 valence electrons. The highest BCUT2D eigenvalue weighted by Crippen LogP contribution is 2.44. The van der Waals surface area contributed by atoms with E-state index in [2.05, 4.69) is 50.1 Å². The van der Waals surface area contributed by atoms with E-state index in [0.717, 1.165) is 50.6 Å². The Bertz CT molecular complexity index is 1290.